The van der Waals surface area contributed by atoms with Crippen molar-refractivity contribution in [2.45, 2.75) is 16.7 Å². The summed E-state index contributed by atoms with van der Waals surface area (Å²) in [5.74, 6) is 0.407. The molecule has 0 bridgehead atoms. The molecule has 2 aromatic carbocycles. The standard InChI is InChI=1S/C20H16N2O7S3/c1-2-27-17-10-15-19(30-18-6-4-3-5-13(18)21-15)11-14(17)22-16-9-12(31-29-28-23)7-8-20(16)32(24,25)26/h3-11,23H,2H2,1H3,(H,24,25,26)/b22-14+. The molecule has 0 spiro atoms. The Morgan fingerprint density at radius 3 is 2.72 bits per heavy atom. The van der Waals surface area contributed by atoms with E-state index in [0.29, 0.717) is 40.3 Å². The summed E-state index contributed by atoms with van der Waals surface area (Å²) >= 11 is 2.15. The fourth-order valence-electron chi connectivity index (χ4n) is 2.99. The molecule has 0 atom stereocenters. The molecule has 1 aliphatic heterocycles. The molecule has 0 aromatic heterocycles. The lowest BCUT2D eigenvalue weighted by Crippen LogP contribution is -2.10. The highest BCUT2D eigenvalue weighted by Gasteiger charge is 2.18. The Balaban J connectivity index is 1.96. The van der Waals surface area contributed by atoms with E-state index in [-0.39, 0.29) is 5.69 Å². The molecular formula is C20H16N2O7S3. The molecule has 0 saturated carbocycles. The van der Waals surface area contributed by atoms with Crippen molar-refractivity contribution in [3.63, 3.8) is 0 Å². The molecule has 32 heavy (non-hydrogen) atoms. The zero-order valence-corrected chi connectivity index (χ0v) is 18.9. The number of rotatable bonds is 7. The Hall–Kier alpha value is -2.58. The second-order valence-electron chi connectivity index (χ2n) is 6.34. The van der Waals surface area contributed by atoms with Crippen LogP contribution in [-0.4, -0.2) is 29.8 Å². The zero-order valence-electron chi connectivity index (χ0n) is 16.5. The largest absolute Gasteiger partial charge is 0.492 e. The monoisotopic (exact) mass is 492 g/mol. The van der Waals surface area contributed by atoms with Gasteiger partial charge < -0.3 is 4.74 Å². The highest BCUT2D eigenvalue weighted by atomic mass is 32.2. The van der Waals surface area contributed by atoms with Crippen LogP contribution in [0.4, 0.5) is 5.69 Å². The molecule has 0 unspecified atom stereocenters. The summed E-state index contributed by atoms with van der Waals surface area (Å²) in [6.07, 6.45) is 0. The number of fused-ring (bicyclic) bond motifs is 2. The van der Waals surface area contributed by atoms with Crippen LogP contribution < -0.4 is 10.1 Å². The third-order valence-electron chi connectivity index (χ3n) is 4.28. The molecule has 4 rings (SSSR count). The van der Waals surface area contributed by atoms with E-state index in [2.05, 4.69) is 19.3 Å². The molecule has 0 fully saturated rings. The smallest absolute Gasteiger partial charge is 0.296 e. The normalized spacial score (nSPS) is 12.5. The number of ether oxygens (including phenoxy) is 1. The lowest BCUT2D eigenvalue weighted by molar-refractivity contribution is -0.432. The molecule has 2 N–H and O–H groups in total. The molecule has 2 aromatic rings. The van der Waals surface area contributed by atoms with Crippen LogP contribution in [0.25, 0.3) is 20.8 Å². The van der Waals surface area contributed by atoms with Gasteiger partial charge in [0, 0.05) is 11.0 Å². The zero-order chi connectivity index (χ0) is 22.7. The topological polar surface area (TPSA) is 128 Å². The van der Waals surface area contributed by atoms with Crippen molar-refractivity contribution in [2.75, 3.05) is 6.61 Å². The molecule has 1 heterocycles. The van der Waals surface area contributed by atoms with Gasteiger partial charge in [-0.1, -0.05) is 17.2 Å². The summed E-state index contributed by atoms with van der Waals surface area (Å²) in [6.45, 7) is 2.17. The second kappa shape index (κ2) is 9.50. The molecule has 9 nitrogen and oxygen atoms in total. The van der Waals surface area contributed by atoms with Gasteiger partial charge in [0.1, 0.15) is 16.0 Å². The predicted molar refractivity (Wildman–Crippen MR) is 120 cm³/mol. The number of hydrogen-bond acceptors (Lipinski definition) is 10. The molecule has 2 aliphatic rings. The van der Waals surface area contributed by atoms with Crippen molar-refractivity contribution in [3.05, 3.63) is 60.0 Å². The van der Waals surface area contributed by atoms with Crippen LogP contribution in [0.15, 0.2) is 69.4 Å². The van der Waals surface area contributed by atoms with E-state index in [0.717, 1.165) is 15.1 Å². The predicted octanol–water partition coefficient (Wildman–Crippen LogP) is 4.71. The molecule has 12 heteroatoms. The van der Waals surface area contributed by atoms with E-state index < -0.39 is 15.0 Å². The summed E-state index contributed by atoms with van der Waals surface area (Å²) in [5.41, 5.74) is 1.52. The van der Waals surface area contributed by atoms with Crippen molar-refractivity contribution < 1.29 is 32.3 Å². The first-order valence-electron chi connectivity index (χ1n) is 9.16. The van der Waals surface area contributed by atoms with Crippen LogP contribution in [0, 0.1) is 0 Å². The van der Waals surface area contributed by atoms with E-state index in [4.69, 9.17) is 9.99 Å². The third kappa shape index (κ3) is 4.91. The lowest BCUT2D eigenvalue weighted by atomic mass is 10.2. The first kappa shape index (κ1) is 22.6. The highest BCUT2D eigenvalue weighted by Crippen LogP contribution is 2.33. The minimum absolute atomic E-state index is 0.0434. The first-order chi connectivity index (χ1) is 15.4. The summed E-state index contributed by atoms with van der Waals surface area (Å²) in [5, 5.41) is 12.3. The van der Waals surface area contributed by atoms with Crippen LogP contribution in [-0.2, 0) is 19.5 Å². The fraction of sp³-hybridized carbons (Fsp3) is 0.100. The molecule has 0 saturated heterocycles. The van der Waals surface area contributed by atoms with Gasteiger partial charge in [0.15, 0.2) is 0 Å². The Bertz CT molecular complexity index is 1420. The van der Waals surface area contributed by atoms with Gasteiger partial charge in [0.05, 0.1) is 45.1 Å². The van der Waals surface area contributed by atoms with Crippen LogP contribution in [0.2, 0.25) is 0 Å². The average Bonchev–Trinajstić information content (AvgIpc) is 2.76. The van der Waals surface area contributed by atoms with Gasteiger partial charge >= 0.3 is 0 Å². The van der Waals surface area contributed by atoms with Gasteiger partial charge in [0.25, 0.3) is 10.1 Å². The molecular weight excluding hydrogens is 476 g/mol. The maximum atomic E-state index is 11.9. The van der Waals surface area contributed by atoms with Crippen molar-refractivity contribution >= 4 is 49.4 Å². The Labute approximate surface area is 191 Å². The van der Waals surface area contributed by atoms with Crippen LogP contribution >= 0.6 is 23.4 Å². The summed E-state index contributed by atoms with van der Waals surface area (Å²) in [4.78, 5) is 9.94. The van der Waals surface area contributed by atoms with Crippen molar-refractivity contribution in [2.24, 2.45) is 4.99 Å². The van der Waals surface area contributed by atoms with Gasteiger partial charge in [-0.2, -0.15) is 8.42 Å². The number of aromatic nitrogens is 1. The second-order valence-corrected chi connectivity index (χ2v) is 9.59. The van der Waals surface area contributed by atoms with E-state index >= 15 is 0 Å². The number of para-hydroxylation sites is 1. The number of hydrogen-bond donors (Lipinski definition) is 2. The Kier molecular flexibility index (Phi) is 6.71. The summed E-state index contributed by atoms with van der Waals surface area (Å²) in [6, 6.07) is 15.1. The van der Waals surface area contributed by atoms with E-state index in [9.17, 15) is 13.0 Å². The van der Waals surface area contributed by atoms with Crippen molar-refractivity contribution in [3.8, 4) is 16.3 Å². The molecule has 1 aliphatic carbocycles. The maximum absolute atomic E-state index is 11.9. The van der Waals surface area contributed by atoms with Gasteiger partial charge in [-0.05, 0) is 43.3 Å². The van der Waals surface area contributed by atoms with Crippen LogP contribution in [0.3, 0.4) is 0 Å². The molecule has 0 radical (unpaired) electrons. The van der Waals surface area contributed by atoms with Crippen LogP contribution in [0.5, 0.6) is 5.75 Å². The van der Waals surface area contributed by atoms with E-state index in [1.807, 2.05) is 31.2 Å². The minimum atomic E-state index is -4.56. The lowest BCUT2D eigenvalue weighted by Gasteiger charge is -2.11. The van der Waals surface area contributed by atoms with Crippen molar-refractivity contribution in [1.82, 2.24) is 4.98 Å². The Morgan fingerprint density at radius 2 is 1.97 bits per heavy atom. The minimum Gasteiger partial charge on any atom is -0.492 e. The van der Waals surface area contributed by atoms with E-state index in [1.165, 1.54) is 29.5 Å². The van der Waals surface area contributed by atoms with Gasteiger partial charge in [-0.3, -0.25) is 4.55 Å². The average molecular weight is 493 g/mol. The number of benzene rings is 3. The summed E-state index contributed by atoms with van der Waals surface area (Å²) in [7, 11) is -4.56. The molecule has 166 valence electrons. The maximum Gasteiger partial charge on any atom is 0.296 e. The first-order valence-corrected chi connectivity index (χ1v) is 12.2. The van der Waals surface area contributed by atoms with E-state index in [1.54, 1.807) is 12.1 Å². The summed E-state index contributed by atoms with van der Waals surface area (Å²) < 4.78 is 44.5. The fourth-order valence-corrected chi connectivity index (χ4v) is 4.97. The SMILES string of the molecule is CCOc1cc2nc3ccccc3sc-2c/c1=N\c1cc(SOOO)ccc1S(=O)(=O)O. The van der Waals surface area contributed by atoms with Gasteiger partial charge in [0.2, 0.25) is 0 Å². The third-order valence-corrected chi connectivity index (χ3v) is 6.86. The van der Waals surface area contributed by atoms with Gasteiger partial charge in [-0.25, -0.2) is 15.2 Å². The quantitative estimate of drug-likeness (QED) is 0.124. The highest BCUT2D eigenvalue weighted by molar-refractivity contribution is 7.94. The van der Waals surface area contributed by atoms with Gasteiger partial charge in [-0.15, -0.1) is 15.7 Å². The number of nitrogens with zero attached hydrogens (tertiary/aromatic N) is 2. The molecule has 0 amide bonds. The van der Waals surface area contributed by atoms with Crippen molar-refractivity contribution in [1.29, 1.82) is 0 Å². The van der Waals surface area contributed by atoms with Crippen LogP contribution in [0.1, 0.15) is 6.92 Å². The Morgan fingerprint density at radius 1 is 1.16 bits per heavy atom.